The van der Waals surface area contributed by atoms with E-state index in [0.717, 1.165) is 0 Å². The van der Waals surface area contributed by atoms with Crippen molar-refractivity contribution in [3.05, 3.63) is 33.9 Å². The maximum absolute atomic E-state index is 11.1. The third-order valence-corrected chi connectivity index (χ3v) is 2.97. The zero-order valence-corrected chi connectivity index (χ0v) is 11.8. The highest BCUT2D eigenvalue weighted by atomic mass is 16.6. The number of nitrogens with zero attached hydrogens (tertiary/aromatic N) is 1. The maximum atomic E-state index is 11.1. The number of rotatable bonds is 7. The number of nitro groups is 1. The Kier molecular flexibility index (Phi) is 5.45. The minimum absolute atomic E-state index is 0.0712. The highest BCUT2D eigenvalue weighted by Gasteiger charge is 2.20. The molecule has 1 atom stereocenters. The molecule has 110 valence electrons. The zero-order valence-electron chi connectivity index (χ0n) is 11.8. The predicted molar refractivity (Wildman–Crippen MR) is 75.7 cm³/mol. The average Bonchev–Trinajstić information content (AvgIpc) is 2.37. The fourth-order valence-corrected chi connectivity index (χ4v) is 1.74. The molecule has 7 nitrogen and oxygen atoms in total. The van der Waals surface area contributed by atoms with E-state index in [2.05, 4.69) is 5.32 Å². The average molecular weight is 281 g/mol. The Labute approximate surface area is 117 Å². The standard InChI is InChI=1S/C13H19N3O4/c1-8(2)11(7-20-3)15-10-5-4-9(13(14)17)6-12(10)16(18)19/h4-6,8,11,15H,7H2,1-3H3,(H2,14,17). The Hall–Kier alpha value is -2.15. The topological polar surface area (TPSA) is 107 Å². The maximum Gasteiger partial charge on any atom is 0.293 e. The van der Waals surface area contributed by atoms with E-state index in [9.17, 15) is 14.9 Å². The molecule has 0 saturated carbocycles. The first-order valence-electron chi connectivity index (χ1n) is 6.20. The molecule has 1 aromatic rings. The lowest BCUT2D eigenvalue weighted by Crippen LogP contribution is -2.30. The SMILES string of the molecule is COCC(Nc1ccc(C(N)=O)cc1[N+](=O)[O-])C(C)C. The summed E-state index contributed by atoms with van der Waals surface area (Å²) in [6.45, 7) is 4.40. The summed E-state index contributed by atoms with van der Waals surface area (Å²) in [5.74, 6) is -0.470. The second-order valence-corrected chi connectivity index (χ2v) is 4.80. The molecule has 1 unspecified atom stereocenters. The van der Waals surface area contributed by atoms with E-state index >= 15 is 0 Å². The van der Waals surface area contributed by atoms with Crippen molar-refractivity contribution >= 4 is 17.3 Å². The summed E-state index contributed by atoms with van der Waals surface area (Å²) in [4.78, 5) is 21.6. The lowest BCUT2D eigenvalue weighted by molar-refractivity contribution is -0.384. The van der Waals surface area contributed by atoms with Crippen molar-refractivity contribution in [1.29, 1.82) is 0 Å². The number of benzene rings is 1. The number of nitrogens with two attached hydrogens (primary N) is 1. The van der Waals surface area contributed by atoms with Crippen LogP contribution in [0.15, 0.2) is 18.2 Å². The van der Waals surface area contributed by atoms with Gasteiger partial charge in [0.2, 0.25) is 5.91 Å². The molecular formula is C13H19N3O4. The summed E-state index contributed by atoms with van der Waals surface area (Å²) >= 11 is 0. The van der Waals surface area contributed by atoms with Gasteiger partial charge < -0.3 is 15.8 Å². The lowest BCUT2D eigenvalue weighted by atomic mass is 10.0. The smallest absolute Gasteiger partial charge is 0.293 e. The molecule has 0 spiro atoms. The van der Waals surface area contributed by atoms with E-state index < -0.39 is 10.8 Å². The molecule has 1 rings (SSSR count). The lowest BCUT2D eigenvalue weighted by Gasteiger charge is -2.22. The van der Waals surface area contributed by atoms with Crippen LogP contribution in [-0.2, 0) is 4.74 Å². The predicted octanol–water partition coefficient (Wildman–Crippen LogP) is 1.78. The van der Waals surface area contributed by atoms with Gasteiger partial charge in [0.15, 0.2) is 0 Å². The minimum atomic E-state index is -0.697. The summed E-state index contributed by atoms with van der Waals surface area (Å²) in [6, 6.07) is 4.05. The number of amides is 1. The van der Waals surface area contributed by atoms with Crippen LogP contribution in [0.4, 0.5) is 11.4 Å². The van der Waals surface area contributed by atoms with Gasteiger partial charge in [-0.3, -0.25) is 14.9 Å². The first-order chi connectivity index (χ1) is 9.36. The molecule has 0 aliphatic rings. The quantitative estimate of drug-likeness (QED) is 0.585. The van der Waals surface area contributed by atoms with Crippen LogP contribution >= 0.6 is 0 Å². The second kappa shape index (κ2) is 6.85. The van der Waals surface area contributed by atoms with Gasteiger partial charge in [0.1, 0.15) is 5.69 Å². The number of carbonyl (C=O) groups excluding carboxylic acids is 1. The number of carbonyl (C=O) groups is 1. The molecule has 0 aromatic heterocycles. The van der Waals surface area contributed by atoms with Crippen molar-refractivity contribution in [1.82, 2.24) is 0 Å². The monoisotopic (exact) mass is 281 g/mol. The number of anilines is 1. The Balaban J connectivity index is 3.10. The first kappa shape index (κ1) is 15.9. The normalized spacial score (nSPS) is 12.2. The highest BCUT2D eigenvalue weighted by Crippen LogP contribution is 2.27. The van der Waals surface area contributed by atoms with Gasteiger partial charge in [-0.2, -0.15) is 0 Å². The molecule has 0 fully saturated rings. The Bertz CT molecular complexity index is 502. The molecule has 0 heterocycles. The molecule has 3 N–H and O–H groups in total. The molecular weight excluding hydrogens is 262 g/mol. The van der Waals surface area contributed by atoms with E-state index in [-0.39, 0.29) is 23.2 Å². The fourth-order valence-electron chi connectivity index (χ4n) is 1.74. The number of ether oxygens (including phenoxy) is 1. The molecule has 20 heavy (non-hydrogen) atoms. The van der Waals surface area contributed by atoms with E-state index in [0.29, 0.717) is 12.3 Å². The van der Waals surface area contributed by atoms with E-state index in [4.69, 9.17) is 10.5 Å². The Morgan fingerprint density at radius 1 is 1.50 bits per heavy atom. The van der Waals surface area contributed by atoms with Crippen LogP contribution in [0.5, 0.6) is 0 Å². The second-order valence-electron chi connectivity index (χ2n) is 4.80. The number of hydrogen-bond acceptors (Lipinski definition) is 5. The number of primary amides is 1. The van der Waals surface area contributed by atoms with Crippen LogP contribution in [0, 0.1) is 16.0 Å². The molecule has 1 aromatic carbocycles. The fraction of sp³-hybridized carbons (Fsp3) is 0.462. The Morgan fingerprint density at radius 3 is 2.60 bits per heavy atom. The Morgan fingerprint density at radius 2 is 2.15 bits per heavy atom. The van der Waals surface area contributed by atoms with Crippen molar-refractivity contribution in [2.45, 2.75) is 19.9 Å². The van der Waals surface area contributed by atoms with Crippen molar-refractivity contribution in [3.63, 3.8) is 0 Å². The van der Waals surface area contributed by atoms with Crippen LogP contribution < -0.4 is 11.1 Å². The summed E-state index contributed by atoms with van der Waals surface area (Å²) in [6.07, 6.45) is 0. The van der Waals surface area contributed by atoms with Crippen LogP contribution in [0.25, 0.3) is 0 Å². The van der Waals surface area contributed by atoms with Crippen molar-refractivity contribution in [2.75, 3.05) is 19.0 Å². The molecule has 1 amide bonds. The van der Waals surface area contributed by atoms with Crippen LogP contribution in [-0.4, -0.2) is 30.6 Å². The molecule has 0 aliphatic carbocycles. The number of hydrogen-bond donors (Lipinski definition) is 2. The molecule has 0 saturated heterocycles. The van der Waals surface area contributed by atoms with Crippen molar-refractivity contribution < 1.29 is 14.5 Å². The molecule has 0 radical (unpaired) electrons. The van der Waals surface area contributed by atoms with Gasteiger partial charge in [0, 0.05) is 18.7 Å². The van der Waals surface area contributed by atoms with Gasteiger partial charge in [-0.05, 0) is 18.1 Å². The summed E-state index contributed by atoms with van der Waals surface area (Å²) in [5, 5.41) is 14.2. The molecule has 0 bridgehead atoms. The van der Waals surface area contributed by atoms with Crippen molar-refractivity contribution in [2.24, 2.45) is 11.7 Å². The van der Waals surface area contributed by atoms with Crippen LogP contribution in [0.1, 0.15) is 24.2 Å². The third-order valence-electron chi connectivity index (χ3n) is 2.97. The van der Waals surface area contributed by atoms with Gasteiger partial charge in [0.25, 0.3) is 5.69 Å². The number of methoxy groups -OCH3 is 1. The van der Waals surface area contributed by atoms with Gasteiger partial charge in [-0.15, -0.1) is 0 Å². The summed E-state index contributed by atoms with van der Waals surface area (Å²) in [7, 11) is 1.57. The minimum Gasteiger partial charge on any atom is -0.383 e. The number of nitro benzene ring substituents is 1. The van der Waals surface area contributed by atoms with Crippen molar-refractivity contribution in [3.8, 4) is 0 Å². The molecule has 0 aliphatic heterocycles. The third kappa shape index (κ3) is 3.92. The van der Waals surface area contributed by atoms with Crippen LogP contribution in [0.2, 0.25) is 0 Å². The highest BCUT2D eigenvalue weighted by molar-refractivity contribution is 5.94. The number of nitrogens with one attached hydrogen (secondary N) is 1. The van der Waals surface area contributed by atoms with E-state index in [1.807, 2.05) is 13.8 Å². The van der Waals surface area contributed by atoms with E-state index in [1.165, 1.54) is 18.2 Å². The first-order valence-corrected chi connectivity index (χ1v) is 6.20. The zero-order chi connectivity index (χ0) is 15.3. The van der Waals surface area contributed by atoms with Crippen LogP contribution in [0.3, 0.4) is 0 Å². The van der Waals surface area contributed by atoms with Gasteiger partial charge in [-0.25, -0.2) is 0 Å². The van der Waals surface area contributed by atoms with Gasteiger partial charge >= 0.3 is 0 Å². The van der Waals surface area contributed by atoms with Gasteiger partial charge in [0.05, 0.1) is 17.6 Å². The summed E-state index contributed by atoms with van der Waals surface area (Å²) in [5.41, 5.74) is 5.40. The molecule has 7 heteroatoms. The summed E-state index contributed by atoms with van der Waals surface area (Å²) < 4.78 is 5.09. The van der Waals surface area contributed by atoms with E-state index in [1.54, 1.807) is 7.11 Å². The largest absolute Gasteiger partial charge is 0.383 e. The van der Waals surface area contributed by atoms with Gasteiger partial charge in [-0.1, -0.05) is 13.8 Å².